The van der Waals surface area contributed by atoms with Crippen LogP contribution in [0.5, 0.6) is 5.75 Å². The average molecular weight is 398 g/mol. The van der Waals surface area contributed by atoms with Crippen molar-refractivity contribution < 1.29 is 27.8 Å². The summed E-state index contributed by atoms with van der Waals surface area (Å²) < 4.78 is 33.7. The monoisotopic (exact) mass is 397 g/mol. The van der Waals surface area contributed by atoms with Crippen LogP contribution >= 0.6 is 11.6 Å². The minimum atomic E-state index is -3.00. The SMILES string of the molecule is CC(OC(=O)CCc1ccccc1)C(=O)Nc1ccc(OC(F)F)c(Cl)c1. The van der Waals surface area contributed by atoms with Crippen LogP contribution in [0.25, 0.3) is 0 Å². The molecule has 2 rings (SSSR count). The first kappa shape index (κ1) is 20.6. The highest BCUT2D eigenvalue weighted by molar-refractivity contribution is 6.32. The third-order valence-corrected chi connectivity index (χ3v) is 3.85. The maximum atomic E-state index is 12.2. The number of alkyl halides is 2. The Morgan fingerprint density at radius 2 is 1.85 bits per heavy atom. The smallest absolute Gasteiger partial charge is 0.387 e. The summed E-state index contributed by atoms with van der Waals surface area (Å²) >= 11 is 5.83. The fourth-order valence-electron chi connectivity index (χ4n) is 2.21. The summed E-state index contributed by atoms with van der Waals surface area (Å²) in [6.45, 7) is -1.57. The molecule has 27 heavy (non-hydrogen) atoms. The van der Waals surface area contributed by atoms with Crippen LogP contribution in [-0.4, -0.2) is 24.6 Å². The molecule has 0 bridgehead atoms. The second kappa shape index (κ2) is 9.87. The fourth-order valence-corrected chi connectivity index (χ4v) is 2.44. The molecule has 5 nitrogen and oxygen atoms in total. The molecular formula is C19H18ClF2NO4. The fraction of sp³-hybridized carbons (Fsp3) is 0.263. The first-order chi connectivity index (χ1) is 12.8. The largest absolute Gasteiger partial charge is 0.453 e. The van der Waals surface area contributed by atoms with Crippen molar-refractivity contribution in [1.29, 1.82) is 0 Å². The normalized spacial score (nSPS) is 11.7. The van der Waals surface area contributed by atoms with E-state index < -0.39 is 24.6 Å². The van der Waals surface area contributed by atoms with E-state index in [1.54, 1.807) is 0 Å². The number of halogens is 3. The van der Waals surface area contributed by atoms with Gasteiger partial charge in [-0.1, -0.05) is 41.9 Å². The number of anilines is 1. The van der Waals surface area contributed by atoms with E-state index in [9.17, 15) is 18.4 Å². The highest BCUT2D eigenvalue weighted by Crippen LogP contribution is 2.29. The van der Waals surface area contributed by atoms with Crippen molar-refractivity contribution in [1.82, 2.24) is 0 Å². The van der Waals surface area contributed by atoms with Gasteiger partial charge in [0.15, 0.2) is 6.10 Å². The Hall–Kier alpha value is -2.67. The number of carbonyl (C=O) groups excluding carboxylic acids is 2. The first-order valence-electron chi connectivity index (χ1n) is 8.14. The van der Waals surface area contributed by atoms with Crippen LogP contribution in [0.15, 0.2) is 48.5 Å². The van der Waals surface area contributed by atoms with Gasteiger partial charge in [0.1, 0.15) is 5.75 Å². The number of benzene rings is 2. The van der Waals surface area contributed by atoms with Crippen LogP contribution < -0.4 is 10.1 Å². The molecule has 144 valence electrons. The minimum Gasteiger partial charge on any atom is -0.453 e. The first-order valence-corrected chi connectivity index (χ1v) is 8.51. The summed E-state index contributed by atoms with van der Waals surface area (Å²) in [5.74, 6) is -1.27. The summed E-state index contributed by atoms with van der Waals surface area (Å²) in [5.41, 5.74) is 1.26. The van der Waals surface area contributed by atoms with Gasteiger partial charge >= 0.3 is 12.6 Å². The Kier molecular flexibility index (Phi) is 7.55. The van der Waals surface area contributed by atoms with Crippen molar-refractivity contribution in [2.75, 3.05) is 5.32 Å². The molecule has 0 saturated carbocycles. The summed E-state index contributed by atoms with van der Waals surface area (Å²) in [6, 6.07) is 13.3. The minimum absolute atomic E-state index is 0.0828. The molecule has 0 aromatic heterocycles. The van der Waals surface area contributed by atoms with E-state index in [1.165, 1.54) is 25.1 Å². The summed E-state index contributed by atoms with van der Waals surface area (Å²) in [6.07, 6.45) is -0.369. The quantitative estimate of drug-likeness (QED) is 0.668. The molecule has 1 unspecified atom stereocenters. The van der Waals surface area contributed by atoms with Crippen molar-refractivity contribution >= 4 is 29.2 Å². The molecule has 8 heteroatoms. The lowest BCUT2D eigenvalue weighted by Gasteiger charge is -2.14. The number of aryl methyl sites for hydroxylation is 1. The van der Waals surface area contributed by atoms with E-state index in [2.05, 4.69) is 10.1 Å². The van der Waals surface area contributed by atoms with Gasteiger partial charge in [-0.2, -0.15) is 8.78 Å². The maximum absolute atomic E-state index is 12.2. The third-order valence-electron chi connectivity index (χ3n) is 3.55. The maximum Gasteiger partial charge on any atom is 0.387 e. The Labute approximate surface area is 160 Å². The van der Waals surface area contributed by atoms with Crippen molar-refractivity contribution in [2.45, 2.75) is 32.5 Å². The van der Waals surface area contributed by atoms with Gasteiger partial charge in [0.2, 0.25) is 0 Å². The number of amides is 1. The highest BCUT2D eigenvalue weighted by atomic mass is 35.5. The lowest BCUT2D eigenvalue weighted by atomic mass is 10.1. The predicted molar refractivity (Wildman–Crippen MR) is 97.0 cm³/mol. The second-order valence-corrected chi connectivity index (χ2v) is 6.04. The molecule has 1 N–H and O–H groups in total. The number of hydrogen-bond acceptors (Lipinski definition) is 4. The van der Waals surface area contributed by atoms with Gasteiger partial charge in [-0.25, -0.2) is 0 Å². The lowest BCUT2D eigenvalue weighted by Crippen LogP contribution is -2.30. The van der Waals surface area contributed by atoms with E-state index in [1.807, 2.05) is 30.3 Å². The number of carbonyl (C=O) groups is 2. The number of ether oxygens (including phenoxy) is 2. The van der Waals surface area contributed by atoms with Crippen LogP contribution in [0.1, 0.15) is 18.9 Å². The molecule has 0 heterocycles. The standard InChI is InChI=1S/C19H18ClF2NO4/c1-12(26-17(24)10-7-13-5-3-2-4-6-13)18(25)23-14-8-9-16(15(20)11-14)27-19(21)22/h2-6,8-9,11-12,19H,7,10H2,1H3,(H,23,25). The van der Waals surface area contributed by atoms with Crippen LogP contribution in [-0.2, 0) is 20.7 Å². The number of hydrogen-bond donors (Lipinski definition) is 1. The van der Waals surface area contributed by atoms with Gasteiger partial charge in [0, 0.05) is 12.1 Å². The molecule has 1 atom stereocenters. The zero-order valence-electron chi connectivity index (χ0n) is 14.5. The second-order valence-electron chi connectivity index (χ2n) is 5.63. The van der Waals surface area contributed by atoms with E-state index in [0.29, 0.717) is 6.42 Å². The van der Waals surface area contributed by atoms with Crippen molar-refractivity contribution in [3.63, 3.8) is 0 Å². The Morgan fingerprint density at radius 3 is 2.48 bits per heavy atom. The molecule has 0 aliphatic rings. The molecule has 0 saturated heterocycles. The van der Waals surface area contributed by atoms with Gasteiger partial charge in [0.05, 0.1) is 5.02 Å². The van der Waals surface area contributed by atoms with E-state index >= 15 is 0 Å². The molecule has 0 fully saturated rings. The molecule has 0 aliphatic heterocycles. The molecule has 2 aromatic rings. The van der Waals surface area contributed by atoms with Gasteiger partial charge in [-0.15, -0.1) is 0 Å². The Bertz CT molecular complexity index is 787. The van der Waals surface area contributed by atoms with E-state index in [4.69, 9.17) is 16.3 Å². The molecule has 0 spiro atoms. The van der Waals surface area contributed by atoms with Gasteiger partial charge < -0.3 is 14.8 Å². The molecule has 1 amide bonds. The molecule has 0 aliphatic carbocycles. The third kappa shape index (κ3) is 6.86. The Morgan fingerprint density at radius 1 is 1.15 bits per heavy atom. The topological polar surface area (TPSA) is 64.6 Å². The zero-order chi connectivity index (χ0) is 19.8. The highest BCUT2D eigenvalue weighted by Gasteiger charge is 2.18. The van der Waals surface area contributed by atoms with E-state index in [0.717, 1.165) is 5.56 Å². The van der Waals surface area contributed by atoms with E-state index in [-0.39, 0.29) is 22.9 Å². The van der Waals surface area contributed by atoms with Crippen LogP contribution in [0.2, 0.25) is 5.02 Å². The average Bonchev–Trinajstić information content (AvgIpc) is 2.62. The van der Waals surface area contributed by atoms with Crippen molar-refractivity contribution in [3.8, 4) is 5.75 Å². The molecule has 0 radical (unpaired) electrons. The zero-order valence-corrected chi connectivity index (χ0v) is 15.2. The van der Waals surface area contributed by atoms with Gasteiger partial charge in [-0.05, 0) is 37.1 Å². The summed E-state index contributed by atoms with van der Waals surface area (Å²) in [4.78, 5) is 24.0. The van der Waals surface area contributed by atoms with Crippen LogP contribution in [0.3, 0.4) is 0 Å². The predicted octanol–water partition coefficient (Wildman–Crippen LogP) is 4.44. The summed E-state index contributed by atoms with van der Waals surface area (Å²) in [5, 5.41) is 2.42. The van der Waals surface area contributed by atoms with Crippen LogP contribution in [0, 0.1) is 0 Å². The van der Waals surface area contributed by atoms with Crippen molar-refractivity contribution in [3.05, 3.63) is 59.1 Å². The number of rotatable bonds is 8. The molecule has 2 aromatic carbocycles. The number of nitrogens with one attached hydrogen (secondary N) is 1. The molecular weight excluding hydrogens is 380 g/mol. The Balaban J connectivity index is 1.84. The summed E-state index contributed by atoms with van der Waals surface area (Å²) in [7, 11) is 0. The van der Waals surface area contributed by atoms with Crippen molar-refractivity contribution in [2.24, 2.45) is 0 Å². The number of esters is 1. The van der Waals surface area contributed by atoms with Crippen LogP contribution in [0.4, 0.5) is 14.5 Å². The lowest BCUT2D eigenvalue weighted by molar-refractivity contribution is -0.153. The van der Waals surface area contributed by atoms with Gasteiger partial charge in [-0.3, -0.25) is 9.59 Å². The van der Waals surface area contributed by atoms with Gasteiger partial charge in [0.25, 0.3) is 5.91 Å².